The number of carbonyl (C=O) groups excluding carboxylic acids is 3. The third-order valence-corrected chi connectivity index (χ3v) is 4.44. The van der Waals surface area contributed by atoms with Gasteiger partial charge in [-0.15, -0.1) is 0 Å². The number of hydrogen-bond acceptors (Lipinski definition) is 4. The van der Waals surface area contributed by atoms with Gasteiger partial charge in [-0.2, -0.15) is 0 Å². The van der Waals surface area contributed by atoms with Crippen molar-refractivity contribution in [1.82, 2.24) is 10.2 Å². The molecule has 0 saturated carbocycles. The Hall–Kier alpha value is -3.22. The standard InChI is InChI=1S/C22H23FN2O4/c1-22(2,3)29-21(28)24-18(17(23)14-9-5-4-6-10-14)20(27)25-13-15-11-7-8-12-16(15)19(25)26/h4-12,17-18H,13H2,1-3H3,(H,24,28)/t17-,18+/m1/s1. The van der Waals surface area contributed by atoms with Crippen molar-refractivity contribution in [1.29, 1.82) is 0 Å². The third-order valence-electron chi connectivity index (χ3n) is 4.44. The Morgan fingerprint density at radius 1 is 1.07 bits per heavy atom. The van der Waals surface area contributed by atoms with Gasteiger partial charge in [0.25, 0.3) is 11.8 Å². The number of fused-ring (bicyclic) bond motifs is 1. The predicted molar refractivity (Wildman–Crippen MR) is 105 cm³/mol. The molecule has 1 heterocycles. The van der Waals surface area contributed by atoms with Gasteiger partial charge in [-0.25, -0.2) is 9.18 Å². The lowest BCUT2D eigenvalue weighted by Crippen LogP contribution is -2.51. The second kappa shape index (κ2) is 8.03. The van der Waals surface area contributed by atoms with E-state index in [1.54, 1.807) is 63.2 Å². The van der Waals surface area contributed by atoms with Crippen molar-refractivity contribution in [2.45, 2.75) is 45.1 Å². The normalized spacial score (nSPS) is 15.4. The summed E-state index contributed by atoms with van der Waals surface area (Å²) in [6, 6.07) is 13.2. The molecule has 2 atom stereocenters. The van der Waals surface area contributed by atoms with E-state index in [0.717, 1.165) is 4.90 Å². The quantitative estimate of drug-likeness (QED) is 0.851. The summed E-state index contributed by atoms with van der Waals surface area (Å²) >= 11 is 0. The van der Waals surface area contributed by atoms with Crippen molar-refractivity contribution in [2.75, 3.05) is 0 Å². The van der Waals surface area contributed by atoms with Crippen LogP contribution in [0.3, 0.4) is 0 Å². The van der Waals surface area contributed by atoms with Gasteiger partial charge in [-0.05, 0) is 38.0 Å². The number of halogens is 1. The molecule has 0 unspecified atom stereocenters. The maximum absolute atomic E-state index is 15.3. The summed E-state index contributed by atoms with van der Waals surface area (Å²) in [6.07, 6.45) is -2.79. The van der Waals surface area contributed by atoms with E-state index in [1.165, 1.54) is 12.1 Å². The highest BCUT2D eigenvalue weighted by Crippen LogP contribution is 2.28. The van der Waals surface area contributed by atoms with Crippen LogP contribution >= 0.6 is 0 Å². The number of carbonyl (C=O) groups is 3. The zero-order valence-electron chi connectivity index (χ0n) is 16.5. The fourth-order valence-electron chi connectivity index (χ4n) is 3.12. The van der Waals surface area contributed by atoms with Gasteiger partial charge >= 0.3 is 6.09 Å². The highest BCUT2D eigenvalue weighted by Gasteiger charge is 2.40. The average Bonchev–Trinajstić information content (AvgIpc) is 3.01. The predicted octanol–water partition coefficient (Wildman–Crippen LogP) is 3.77. The monoisotopic (exact) mass is 398 g/mol. The van der Waals surface area contributed by atoms with Crippen molar-refractivity contribution in [3.05, 3.63) is 71.3 Å². The van der Waals surface area contributed by atoms with Crippen LogP contribution in [0.25, 0.3) is 0 Å². The van der Waals surface area contributed by atoms with Gasteiger partial charge in [0.05, 0.1) is 6.54 Å². The maximum Gasteiger partial charge on any atom is 0.408 e. The summed E-state index contributed by atoms with van der Waals surface area (Å²) in [5, 5.41) is 2.32. The van der Waals surface area contributed by atoms with Crippen molar-refractivity contribution in [3.63, 3.8) is 0 Å². The van der Waals surface area contributed by atoms with Crippen LogP contribution in [-0.4, -0.2) is 34.5 Å². The number of amides is 3. The minimum Gasteiger partial charge on any atom is -0.444 e. The molecule has 152 valence electrons. The van der Waals surface area contributed by atoms with Crippen LogP contribution < -0.4 is 5.32 Å². The first-order valence-electron chi connectivity index (χ1n) is 9.29. The molecule has 6 nitrogen and oxygen atoms in total. The molecule has 0 saturated heterocycles. The lowest BCUT2D eigenvalue weighted by molar-refractivity contribution is -0.132. The van der Waals surface area contributed by atoms with Crippen LogP contribution in [0.4, 0.5) is 9.18 Å². The number of ether oxygens (including phenoxy) is 1. The molecule has 3 rings (SSSR count). The van der Waals surface area contributed by atoms with E-state index in [4.69, 9.17) is 4.74 Å². The summed E-state index contributed by atoms with van der Waals surface area (Å²) < 4.78 is 20.5. The molecule has 1 N–H and O–H groups in total. The minimum atomic E-state index is -1.85. The van der Waals surface area contributed by atoms with E-state index >= 15 is 4.39 Å². The Morgan fingerprint density at radius 3 is 2.31 bits per heavy atom. The second-order valence-electron chi connectivity index (χ2n) is 7.82. The molecule has 3 amide bonds. The lowest BCUT2D eigenvalue weighted by atomic mass is 10.0. The Labute approximate surface area is 168 Å². The fourth-order valence-corrected chi connectivity index (χ4v) is 3.12. The molecule has 2 aromatic carbocycles. The molecule has 1 aliphatic heterocycles. The number of rotatable bonds is 4. The first kappa shape index (κ1) is 20.5. The zero-order valence-corrected chi connectivity index (χ0v) is 16.5. The molecular weight excluding hydrogens is 375 g/mol. The Morgan fingerprint density at radius 2 is 1.69 bits per heavy atom. The fraction of sp³-hybridized carbons (Fsp3) is 0.318. The Bertz CT molecular complexity index is 924. The SMILES string of the molecule is CC(C)(C)OC(=O)N[C@H](C(=O)N1Cc2ccccc2C1=O)[C@H](F)c1ccccc1. The molecular formula is C22H23FN2O4. The average molecular weight is 398 g/mol. The summed E-state index contributed by atoms with van der Waals surface area (Å²) in [7, 11) is 0. The molecule has 0 radical (unpaired) electrons. The van der Waals surface area contributed by atoms with E-state index < -0.39 is 35.7 Å². The van der Waals surface area contributed by atoms with Gasteiger partial charge in [-0.1, -0.05) is 48.5 Å². The molecule has 2 aromatic rings. The van der Waals surface area contributed by atoms with Crippen LogP contribution in [0.1, 0.15) is 48.4 Å². The number of imide groups is 1. The van der Waals surface area contributed by atoms with E-state index in [2.05, 4.69) is 5.32 Å². The van der Waals surface area contributed by atoms with Gasteiger partial charge in [0.2, 0.25) is 0 Å². The van der Waals surface area contributed by atoms with Crippen molar-refractivity contribution >= 4 is 17.9 Å². The molecule has 29 heavy (non-hydrogen) atoms. The van der Waals surface area contributed by atoms with E-state index in [0.29, 0.717) is 11.1 Å². The number of nitrogens with zero attached hydrogens (tertiary/aromatic N) is 1. The maximum atomic E-state index is 15.3. The summed E-state index contributed by atoms with van der Waals surface area (Å²) in [4.78, 5) is 39.0. The number of hydrogen-bond donors (Lipinski definition) is 1. The highest BCUT2D eigenvalue weighted by atomic mass is 19.1. The largest absolute Gasteiger partial charge is 0.444 e. The molecule has 0 aliphatic carbocycles. The first-order valence-corrected chi connectivity index (χ1v) is 9.29. The van der Waals surface area contributed by atoms with Crippen LogP contribution in [0, 0.1) is 0 Å². The molecule has 0 spiro atoms. The number of nitrogens with one attached hydrogen (secondary N) is 1. The van der Waals surface area contributed by atoms with Crippen molar-refractivity contribution in [3.8, 4) is 0 Å². The molecule has 0 aromatic heterocycles. The van der Waals surface area contributed by atoms with Crippen molar-refractivity contribution < 1.29 is 23.5 Å². The molecule has 7 heteroatoms. The summed E-state index contributed by atoms with van der Waals surface area (Å²) in [6.45, 7) is 5.01. The van der Waals surface area contributed by atoms with Gasteiger partial charge in [0.1, 0.15) is 11.6 Å². The number of alkyl carbamates (subject to hydrolysis) is 1. The topological polar surface area (TPSA) is 75.7 Å². The van der Waals surface area contributed by atoms with Crippen LogP contribution in [0.2, 0.25) is 0 Å². The van der Waals surface area contributed by atoms with E-state index in [-0.39, 0.29) is 12.1 Å². The summed E-state index contributed by atoms with van der Waals surface area (Å²) in [5.41, 5.74) is 0.464. The van der Waals surface area contributed by atoms with Crippen LogP contribution in [-0.2, 0) is 16.1 Å². The summed E-state index contributed by atoms with van der Waals surface area (Å²) in [5.74, 6) is -1.34. The van der Waals surface area contributed by atoms with Gasteiger partial charge in [-0.3, -0.25) is 14.5 Å². The number of alkyl halides is 1. The van der Waals surface area contributed by atoms with Crippen molar-refractivity contribution in [2.24, 2.45) is 0 Å². The molecule has 0 bridgehead atoms. The molecule has 1 aliphatic rings. The Balaban J connectivity index is 1.87. The van der Waals surface area contributed by atoms with E-state index in [1.807, 2.05) is 0 Å². The second-order valence-corrected chi connectivity index (χ2v) is 7.82. The third kappa shape index (κ3) is 4.62. The van der Waals surface area contributed by atoms with Gasteiger partial charge in [0.15, 0.2) is 6.17 Å². The number of benzene rings is 2. The minimum absolute atomic E-state index is 0.0296. The van der Waals surface area contributed by atoms with Crippen LogP contribution in [0.15, 0.2) is 54.6 Å². The van der Waals surface area contributed by atoms with Gasteiger partial charge < -0.3 is 10.1 Å². The Kier molecular flexibility index (Phi) is 5.68. The highest BCUT2D eigenvalue weighted by molar-refractivity contribution is 6.09. The zero-order chi connectivity index (χ0) is 21.2. The first-order chi connectivity index (χ1) is 13.7. The van der Waals surface area contributed by atoms with Gasteiger partial charge in [0, 0.05) is 5.56 Å². The van der Waals surface area contributed by atoms with E-state index in [9.17, 15) is 14.4 Å². The van der Waals surface area contributed by atoms with Crippen LogP contribution in [0.5, 0.6) is 0 Å². The lowest BCUT2D eigenvalue weighted by Gasteiger charge is -2.27. The smallest absolute Gasteiger partial charge is 0.408 e. The molecule has 0 fully saturated rings.